The lowest BCUT2D eigenvalue weighted by Gasteiger charge is -2.15. The van der Waals surface area contributed by atoms with Gasteiger partial charge in [0.15, 0.2) is 5.16 Å². The molecule has 0 aliphatic carbocycles. The Balaban J connectivity index is 1.14. The summed E-state index contributed by atoms with van der Waals surface area (Å²) in [7, 11) is 1.57. The van der Waals surface area contributed by atoms with Gasteiger partial charge in [0.1, 0.15) is 5.75 Å². The number of aromatic nitrogens is 5. The Kier molecular flexibility index (Phi) is 7.56. The number of aryl methyl sites for hydroxylation is 1. The summed E-state index contributed by atoms with van der Waals surface area (Å²) in [5, 5.41) is 13.4. The summed E-state index contributed by atoms with van der Waals surface area (Å²) in [5.41, 5.74) is 4.80. The fourth-order valence-corrected chi connectivity index (χ4v) is 7.14. The highest BCUT2D eigenvalue weighted by molar-refractivity contribution is 8.00. The molecule has 0 fully saturated rings. The number of para-hydroxylation sites is 2. The van der Waals surface area contributed by atoms with Crippen LogP contribution < -0.4 is 15.6 Å². The number of ether oxygens (including phenoxy) is 1. The van der Waals surface area contributed by atoms with E-state index >= 15 is 0 Å². The summed E-state index contributed by atoms with van der Waals surface area (Å²) in [4.78, 5) is 31.8. The Hall–Kier alpha value is -5.00. The maximum Gasteiger partial charge on any atom is 0.267 e. The van der Waals surface area contributed by atoms with Crippen LogP contribution in [-0.4, -0.2) is 42.4 Å². The van der Waals surface area contributed by atoms with Gasteiger partial charge in [-0.3, -0.25) is 14.0 Å². The van der Waals surface area contributed by atoms with Crippen molar-refractivity contribution in [2.45, 2.75) is 30.7 Å². The molecule has 7 aromatic rings. The fourth-order valence-electron chi connectivity index (χ4n) is 5.28. The molecule has 224 valence electrons. The fraction of sp³-hybridized carbons (Fsp3) is 0.147. The van der Waals surface area contributed by atoms with E-state index in [9.17, 15) is 9.59 Å². The highest BCUT2D eigenvalue weighted by Crippen LogP contribution is 2.30. The van der Waals surface area contributed by atoms with Crippen LogP contribution in [-0.2, 0) is 11.2 Å². The van der Waals surface area contributed by atoms with Gasteiger partial charge in [-0.2, -0.15) is 0 Å². The summed E-state index contributed by atoms with van der Waals surface area (Å²) in [6, 6.07) is 28.9. The molecule has 4 aromatic carbocycles. The third-order valence-electron chi connectivity index (χ3n) is 7.54. The number of benzene rings is 4. The lowest BCUT2D eigenvalue weighted by atomic mass is 10.1. The van der Waals surface area contributed by atoms with Crippen molar-refractivity contribution in [3.05, 3.63) is 117 Å². The van der Waals surface area contributed by atoms with E-state index in [1.165, 1.54) is 21.0 Å². The standard InChI is InChI=1S/C34H28N6O3S2/c1-20-12-17-28(43-3)27(18-20)39-32(42)24-8-4-6-10-26(24)40-33(39)37-38-34(40)44-21(2)31(41)35-23-15-13-22(14-16-23)19-30-36-25-9-5-7-11-29(25)45-30/h4-18,21H,19H2,1-3H3,(H,35,41). The number of amides is 1. The van der Waals surface area contributed by atoms with E-state index in [1.54, 1.807) is 24.5 Å². The van der Waals surface area contributed by atoms with E-state index in [-0.39, 0.29) is 11.5 Å². The quantitative estimate of drug-likeness (QED) is 0.187. The molecule has 3 heterocycles. The Labute approximate surface area is 266 Å². The van der Waals surface area contributed by atoms with E-state index in [1.807, 2.05) is 97.1 Å². The summed E-state index contributed by atoms with van der Waals surface area (Å²) >= 11 is 2.97. The zero-order chi connectivity index (χ0) is 31.1. The lowest BCUT2D eigenvalue weighted by molar-refractivity contribution is -0.115. The number of nitrogens with one attached hydrogen (secondary N) is 1. The first-order chi connectivity index (χ1) is 21.9. The van der Waals surface area contributed by atoms with Crippen molar-refractivity contribution in [2.75, 3.05) is 12.4 Å². The molecule has 0 saturated heterocycles. The molecular weight excluding hydrogens is 605 g/mol. The van der Waals surface area contributed by atoms with Crippen molar-refractivity contribution < 1.29 is 9.53 Å². The van der Waals surface area contributed by atoms with Gasteiger partial charge in [0.2, 0.25) is 11.7 Å². The average molecular weight is 633 g/mol. The van der Waals surface area contributed by atoms with Crippen LogP contribution in [0.15, 0.2) is 101 Å². The van der Waals surface area contributed by atoms with Crippen LogP contribution in [0.2, 0.25) is 0 Å². The van der Waals surface area contributed by atoms with E-state index < -0.39 is 5.25 Å². The van der Waals surface area contributed by atoms with Gasteiger partial charge in [-0.15, -0.1) is 21.5 Å². The third-order valence-corrected chi connectivity index (χ3v) is 9.62. The zero-order valence-electron chi connectivity index (χ0n) is 24.7. The highest BCUT2D eigenvalue weighted by Gasteiger charge is 2.23. The summed E-state index contributed by atoms with van der Waals surface area (Å²) in [5.74, 6) is 0.700. The summed E-state index contributed by atoms with van der Waals surface area (Å²) in [6.07, 6.45) is 0.729. The summed E-state index contributed by atoms with van der Waals surface area (Å²) in [6.45, 7) is 3.78. The van der Waals surface area contributed by atoms with E-state index in [4.69, 9.17) is 9.72 Å². The number of hydrogen-bond donors (Lipinski definition) is 1. The Morgan fingerprint density at radius 1 is 1.00 bits per heavy atom. The van der Waals surface area contributed by atoms with Crippen LogP contribution in [0.25, 0.3) is 32.6 Å². The molecule has 0 aliphatic heterocycles. The number of thiazole rings is 1. The number of hydrogen-bond acceptors (Lipinski definition) is 8. The van der Waals surface area contributed by atoms with Crippen LogP contribution >= 0.6 is 23.1 Å². The van der Waals surface area contributed by atoms with Crippen LogP contribution in [0.3, 0.4) is 0 Å². The number of carbonyl (C=O) groups is 1. The Bertz CT molecular complexity index is 2240. The lowest BCUT2D eigenvalue weighted by Crippen LogP contribution is -2.24. The Morgan fingerprint density at radius 3 is 2.58 bits per heavy atom. The van der Waals surface area contributed by atoms with E-state index in [0.717, 1.165) is 28.1 Å². The molecular formula is C34H28N6O3S2. The van der Waals surface area contributed by atoms with Gasteiger partial charge in [0.25, 0.3) is 5.56 Å². The molecule has 1 atom stereocenters. The van der Waals surface area contributed by atoms with Gasteiger partial charge < -0.3 is 10.1 Å². The number of methoxy groups -OCH3 is 1. The van der Waals surface area contributed by atoms with Gasteiger partial charge in [-0.05, 0) is 73.5 Å². The van der Waals surface area contributed by atoms with Gasteiger partial charge in [0, 0.05) is 12.1 Å². The van der Waals surface area contributed by atoms with Crippen LogP contribution in [0.4, 0.5) is 5.69 Å². The normalized spacial score (nSPS) is 12.2. The molecule has 0 radical (unpaired) electrons. The van der Waals surface area contributed by atoms with Crippen molar-refractivity contribution in [3.8, 4) is 11.4 Å². The minimum absolute atomic E-state index is 0.173. The van der Waals surface area contributed by atoms with Crippen molar-refractivity contribution in [3.63, 3.8) is 0 Å². The maximum atomic E-state index is 13.8. The molecule has 1 N–H and O–H groups in total. The first kappa shape index (κ1) is 28.8. The maximum absolute atomic E-state index is 13.8. The predicted molar refractivity (Wildman–Crippen MR) is 180 cm³/mol. The minimum atomic E-state index is -0.507. The summed E-state index contributed by atoms with van der Waals surface area (Å²) < 4.78 is 10.1. The van der Waals surface area contributed by atoms with Gasteiger partial charge in [-0.1, -0.05) is 54.2 Å². The second kappa shape index (κ2) is 11.8. The number of fused-ring (bicyclic) bond motifs is 4. The average Bonchev–Trinajstić information content (AvgIpc) is 3.66. The molecule has 1 amide bonds. The van der Waals surface area contributed by atoms with Crippen molar-refractivity contribution in [1.82, 2.24) is 24.1 Å². The molecule has 9 nitrogen and oxygen atoms in total. The molecule has 0 aliphatic rings. The largest absolute Gasteiger partial charge is 0.495 e. The second-order valence-electron chi connectivity index (χ2n) is 10.6. The smallest absolute Gasteiger partial charge is 0.267 e. The number of nitrogens with zero attached hydrogens (tertiary/aromatic N) is 5. The van der Waals surface area contributed by atoms with Crippen LogP contribution in [0, 0.1) is 6.92 Å². The monoisotopic (exact) mass is 632 g/mol. The highest BCUT2D eigenvalue weighted by atomic mass is 32.2. The first-order valence-corrected chi connectivity index (χ1v) is 16.0. The van der Waals surface area contributed by atoms with Crippen molar-refractivity contribution in [2.24, 2.45) is 0 Å². The zero-order valence-corrected chi connectivity index (χ0v) is 26.4. The minimum Gasteiger partial charge on any atom is -0.495 e. The Morgan fingerprint density at radius 2 is 1.78 bits per heavy atom. The van der Waals surface area contributed by atoms with E-state index in [2.05, 4.69) is 21.6 Å². The molecule has 1 unspecified atom stereocenters. The number of carbonyl (C=O) groups excluding carboxylic acids is 1. The molecule has 7 rings (SSSR count). The first-order valence-electron chi connectivity index (χ1n) is 14.3. The second-order valence-corrected chi connectivity index (χ2v) is 13.1. The molecule has 3 aromatic heterocycles. The van der Waals surface area contributed by atoms with Crippen molar-refractivity contribution >= 4 is 61.6 Å². The van der Waals surface area contributed by atoms with Gasteiger partial charge in [0.05, 0.1) is 44.2 Å². The predicted octanol–water partition coefficient (Wildman–Crippen LogP) is 6.67. The molecule has 0 spiro atoms. The van der Waals surface area contributed by atoms with Gasteiger partial charge >= 0.3 is 0 Å². The van der Waals surface area contributed by atoms with Crippen LogP contribution in [0.1, 0.15) is 23.1 Å². The van der Waals surface area contributed by atoms with E-state index in [0.29, 0.717) is 39.0 Å². The SMILES string of the molecule is COc1ccc(C)cc1-n1c(=O)c2ccccc2n2c(SC(C)C(=O)Nc3ccc(Cc4nc5ccccc5s4)cc3)nnc12. The van der Waals surface area contributed by atoms with Gasteiger partial charge in [-0.25, -0.2) is 9.55 Å². The molecule has 11 heteroatoms. The van der Waals surface area contributed by atoms with Crippen LogP contribution in [0.5, 0.6) is 5.75 Å². The third kappa shape index (κ3) is 5.45. The number of rotatable bonds is 8. The number of anilines is 1. The molecule has 0 bridgehead atoms. The topological polar surface area (TPSA) is 103 Å². The molecule has 45 heavy (non-hydrogen) atoms. The number of thioether (sulfide) groups is 1. The molecule has 0 saturated carbocycles. The van der Waals surface area contributed by atoms with Crippen molar-refractivity contribution in [1.29, 1.82) is 0 Å².